The molecular weight excluding hydrogens is 423 g/mol. The van der Waals surface area contributed by atoms with Crippen LogP contribution in [0.2, 0.25) is 0 Å². The molecule has 0 bridgehead atoms. The number of sulfonamides is 1. The molecule has 10 heteroatoms. The first-order valence-electron chi connectivity index (χ1n) is 9.76. The fourth-order valence-electron chi connectivity index (χ4n) is 3.01. The average molecular weight is 444 g/mol. The largest absolute Gasteiger partial charge is 0.339 e. The lowest BCUT2D eigenvalue weighted by molar-refractivity contribution is -0.117. The fraction of sp³-hybridized carbons (Fsp3) is 0.286. The number of hydrogen-bond acceptors (Lipinski definition) is 6. The lowest BCUT2D eigenvalue weighted by Crippen LogP contribution is -2.41. The van der Waals surface area contributed by atoms with E-state index in [9.17, 15) is 17.6 Å². The number of nitrogens with zero attached hydrogens (tertiary/aromatic N) is 2. The van der Waals surface area contributed by atoms with Crippen molar-refractivity contribution >= 4 is 21.6 Å². The highest BCUT2D eigenvalue weighted by atomic mass is 32.2. The quantitative estimate of drug-likeness (QED) is 0.578. The highest BCUT2D eigenvalue weighted by molar-refractivity contribution is 7.89. The van der Waals surface area contributed by atoms with Crippen LogP contribution >= 0.6 is 0 Å². The lowest BCUT2D eigenvalue weighted by Gasteiger charge is -2.16. The van der Waals surface area contributed by atoms with Gasteiger partial charge in [0.15, 0.2) is 0 Å². The minimum absolute atomic E-state index is 0.0178. The van der Waals surface area contributed by atoms with Gasteiger partial charge in [-0.3, -0.25) is 4.79 Å². The summed E-state index contributed by atoms with van der Waals surface area (Å²) < 4.78 is 46.6. The van der Waals surface area contributed by atoms with Crippen molar-refractivity contribution in [3.05, 3.63) is 59.7 Å². The number of halogens is 1. The van der Waals surface area contributed by atoms with Crippen LogP contribution in [0.1, 0.15) is 37.1 Å². The molecule has 4 rings (SSSR count). The molecule has 1 atom stereocenters. The highest BCUT2D eigenvalue weighted by Crippen LogP contribution is 2.39. The lowest BCUT2D eigenvalue weighted by atomic mass is 10.1. The van der Waals surface area contributed by atoms with Gasteiger partial charge < -0.3 is 9.84 Å². The SMILES string of the molecule is Cc1ccc(-c2noc(C3CC3)n2)cc1S(=O)(=O)NC(C)C(=O)Nc1ccc(F)cc1. The van der Waals surface area contributed by atoms with E-state index in [4.69, 9.17) is 4.52 Å². The van der Waals surface area contributed by atoms with Gasteiger partial charge in [-0.1, -0.05) is 17.3 Å². The van der Waals surface area contributed by atoms with Crippen molar-refractivity contribution in [2.75, 3.05) is 5.32 Å². The molecule has 2 N–H and O–H groups in total. The van der Waals surface area contributed by atoms with Gasteiger partial charge in [0, 0.05) is 17.2 Å². The van der Waals surface area contributed by atoms with E-state index in [0.29, 0.717) is 28.5 Å². The Kier molecular flexibility index (Phi) is 5.59. The summed E-state index contributed by atoms with van der Waals surface area (Å²) in [5.41, 5.74) is 1.37. The molecular formula is C21H21FN4O4S. The molecule has 1 saturated carbocycles. The molecule has 162 valence electrons. The second-order valence-electron chi connectivity index (χ2n) is 7.55. The molecule has 8 nitrogen and oxygen atoms in total. The summed E-state index contributed by atoms with van der Waals surface area (Å²) >= 11 is 0. The number of carbonyl (C=O) groups is 1. The molecule has 31 heavy (non-hydrogen) atoms. The number of aryl methyl sites for hydroxylation is 1. The van der Waals surface area contributed by atoms with Gasteiger partial charge in [-0.15, -0.1) is 0 Å². The van der Waals surface area contributed by atoms with E-state index in [1.54, 1.807) is 19.1 Å². The van der Waals surface area contributed by atoms with Gasteiger partial charge in [0.1, 0.15) is 5.82 Å². The van der Waals surface area contributed by atoms with E-state index >= 15 is 0 Å². The van der Waals surface area contributed by atoms with Crippen LogP contribution in [0.4, 0.5) is 10.1 Å². The number of hydrogen-bond donors (Lipinski definition) is 2. The molecule has 1 fully saturated rings. The fourth-order valence-corrected chi connectivity index (χ4v) is 4.48. The zero-order valence-electron chi connectivity index (χ0n) is 16.9. The minimum Gasteiger partial charge on any atom is -0.339 e. The molecule has 0 aliphatic heterocycles. The maximum Gasteiger partial charge on any atom is 0.242 e. The van der Waals surface area contributed by atoms with Crippen molar-refractivity contribution in [2.45, 2.75) is 43.5 Å². The predicted octanol–water partition coefficient (Wildman–Crippen LogP) is 3.37. The molecule has 1 unspecified atom stereocenters. The number of amides is 1. The Bertz CT molecular complexity index is 1220. The van der Waals surface area contributed by atoms with Crippen LogP contribution in [0.15, 0.2) is 51.9 Å². The average Bonchev–Trinajstić information content (AvgIpc) is 3.46. The summed E-state index contributed by atoms with van der Waals surface area (Å²) in [5.74, 6) is 0.158. The van der Waals surface area contributed by atoms with E-state index in [1.165, 1.54) is 37.3 Å². The normalized spacial score (nSPS) is 14.9. The number of aromatic nitrogens is 2. The zero-order valence-corrected chi connectivity index (χ0v) is 17.7. The Morgan fingerprint density at radius 1 is 1.19 bits per heavy atom. The number of benzene rings is 2. The second-order valence-corrected chi connectivity index (χ2v) is 9.23. The topological polar surface area (TPSA) is 114 Å². The monoisotopic (exact) mass is 444 g/mol. The van der Waals surface area contributed by atoms with Crippen molar-refractivity contribution in [1.29, 1.82) is 0 Å². The molecule has 1 heterocycles. The molecule has 3 aromatic rings. The molecule has 2 aromatic carbocycles. The third-order valence-corrected chi connectivity index (χ3v) is 6.62. The van der Waals surface area contributed by atoms with Crippen molar-refractivity contribution in [3.63, 3.8) is 0 Å². The Morgan fingerprint density at radius 2 is 1.90 bits per heavy atom. The van der Waals surface area contributed by atoms with Gasteiger partial charge in [-0.25, -0.2) is 12.8 Å². The summed E-state index contributed by atoms with van der Waals surface area (Å²) in [4.78, 5) is 16.8. The Balaban J connectivity index is 1.51. The molecule has 0 saturated heterocycles. The summed E-state index contributed by atoms with van der Waals surface area (Å²) in [7, 11) is -4.02. The van der Waals surface area contributed by atoms with E-state index in [-0.39, 0.29) is 10.8 Å². The Morgan fingerprint density at radius 3 is 2.58 bits per heavy atom. The second kappa shape index (κ2) is 8.20. The smallest absolute Gasteiger partial charge is 0.242 e. The molecule has 1 aliphatic rings. The van der Waals surface area contributed by atoms with Crippen LogP contribution in [-0.2, 0) is 14.8 Å². The molecule has 1 aromatic heterocycles. The Labute approximate surface area is 178 Å². The van der Waals surface area contributed by atoms with Crippen LogP contribution in [-0.4, -0.2) is 30.5 Å². The van der Waals surface area contributed by atoms with E-state index < -0.39 is 27.8 Å². The zero-order chi connectivity index (χ0) is 22.2. The first-order chi connectivity index (χ1) is 14.7. The predicted molar refractivity (Wildman–Crippen MR) is 111 cm³/mol. The van der Waals surface area contributed by atoms with Crippen molar-refractivity contribution in [3.8, 4) is 11.4 Å². The van der Waals surface area contributed by atoms with Gasteiger partial charge in [0.05, 0.1) is 10.9 Å². The van der Waals surface area contributed by atoms with Crippen LogP contribution in [0.25, 0.3) is 11.4 Å². The van der Waals surface area contributed by atoms with Crippen LogP contribution in [0.5, 0.6) is 0 Å². The molecule has 0 spiro atoms. The third kappa shape index (κ3) is 4.80. The molecule has 0 radical (unpaired) electrons. The molecule has 1 aliphatic carbocycles. The van der Waals surface area contributed by atoms with Gasteiger partial charge in [-0.05, 0) is 62.6 Å². The summed E-state index contributed by atoms with van der Waals surface area (Å²) in [6.07, 6.45) is 2.02. The van der Waals surface area contributed by atoms with Crippen LogP contribution < -0.4 is 10.0 Å². The van der Waals surface area contributed by atoms with Crippen LogP contribution in [0.3, 0.4) is 0 Å². The third-order valence-electron chi connectivity index (χ3n) is 4.94. The summed E-state index contributed by atoms with van der Waals surface area (Å²) in [6, 6.07) is 8.96. The van der Waals surface area contributed by atoms with E-state index in [1.807, 2.05) is 0 Å². The maximum absolute atomic E-state index is 13.0. The summed E-state index contributed by atoms with van der Waals surface area (Å²) in [5, 5.41) is 6.50. The van der Waals surface area contributed by atoms with Crippen molar-refractivity contribution in [2.24, 2.45) is 0 Å². The van der Waals surface area contributed by atoms with E-state index in [2.05, 4.69) is 20.2 Å². The minimum atomic E-state index is -4.02. The maximum atomic E-state index is 13.0. The van der Waals surface area contributed by atoms with Gasteiger partial charge in [0.25, 0.3) is 0 Å². The molecule has 1 amide bonds. The number of nitrogens with one attached hydrogen (secondary N) is 2. The van der Waals surface area contributed by atoms with Crippen molar-refractivity contribution in [1.82, 2.24) is 14.9 Å². The van der Waals surface area contributed by atoms with E-state index in [0.717, 1.165) is 12.8 Å². The number of rotatable bonds is 7. The van der Waals surface area contributed by atoms with Crippen molar-refractivity contribution < 1.29 is 22.1 Å². The van der Waals surface area contributed by atoms with Crippen LogP contribution in [0, 0.1) is 12.7 Å². The standard InChI is InChI=1S/C21H21FN4O4S/c1-12-3-4-15(19-24-21(30-25-19)14-5-6-14)11-18(12)31(28,29)26-13(2)20(27)23-17-9-7-16(22)8-10-17/h3-4,7-11,13-14,26H,5-6H2,1-2H3,(H,23,27). The highest BCUT2D eigenvalue weighted by Gasteiger charge is 2.30. The number of carbonyl (C=O) groups excluding carboxylic acids is 1. The summed E-state index contributed by atoms with van der Waals surface area (Å²) in [6.45, 7) is 3.09. The van der Waals surface area contributed by atoms with Gasteiger partial charge in [-0.2, -0.15) is 9.71 Å². The number of anilines is 1. The van der Waals surface area contributed by atoms with Gasteiger partial charge >= 0.3 is 0 Å². The first-order valence-corrected chi connectivity index (χ1v) is 11.2. The van der Waals surface area contributed by atoms with Gasteiger partial charge in [0.2, 0.25) is 27.6 Å². The Hall–Kier alpha value is -3.11. The first kappa shape index (κ1) is 21.1.